The van der Waals surface area contributed by atoms with E-state index in [1.54, 1.807) is 7.11 Å². The number of anilines is 1. The van der Waals surface area contributed by atoms with Gasteiger partial charge in [0, 0.05) is 22.4 Å². The number of amides is 2. The van der Waals surface area contributed by atoms with E-state index < -0.39 is 5.91 Å². The second-order valence-electron chi connectivity index (χ2n) is 6.63. The maximum absolute atomic E-state index is 12.4. The molecular weight excluding hydrogens is 406 g/mol. The lowest BCUT2D eigenvalue weighted by Gasteiger charge is -2.09. The number of aryl methyl sites for hydroxylation is 2. The molecule has 3 N–H and O–H groups in total. The van der Waals surface area contributed by atoms with Crippen molar-refractivity contribution in [2.24, 2.45) is 5.73 Å². The molecule has 152 valence electrons. The Bertz CT molecular complexity index is 1090. The van der Waals surface area contributed by atoms with Crippen molar-refractivity contribution in [1.82, 2.24) is 4.98 Å². The quantitative estimate of drug-likeness (QED) is 0.541. The number of para-hydroxylation sites is 1. The Labute approximate surface area is 177 Å². The molecule has 0 atom stereocenters. The van der Waals surface area contributed by atoms with Crippen molar-refractivity contribution in [1.29, 1.82) is 0 Å². The van der Waals surface area contributed by atoms with Gasteiger partial charge in [0.25, 0.3) is 5.91 Å². The molecule has 3 rings (SSSR count). The van der Waals surface area contributed by atoms with Gasteiger partial charge < -0.3 is 15.8 Å². The number of carbonyl (C=O) groups excluding carboxylic acids is 2. The summed E-state index contributed by atoms with van der Waals surface area (Å²) in [6, 6.07) is 7.87. The molecule has 0 saturated heterocycles. The molecule has 2 amide bonds. The first-order valence-corrected chi connectivity index (χ1v) is 10.9. The summed E-state index contributed by atoms with van der Waals surface area (Å²) in [5, 5.41) is 5.23. The third kappa shape index (κ3) is 4.54. The Hall–Kier alpha value is -2.58. The lowest BCUT2D eigenvalue weighted by Crippen LogP contribution is -2.17. The van der Waals surface area contributed by atoms with Gasteiger partial charge >= 0.3 is 0 Å². The number of nitrogens with one attached hydrogen (secondary N) is 1. The minimum Gasteiger partial charge on any atom is -0.494 e. The molecule has 1 aromatic carbocycles. The van der Waals surface area contributed by atoms with E-state index in [2.05, 4.69) is 10.3 Å². The van der Waals surface area contributed by atoms with Crippen LogP contribution in [-0.2, 0) is 4.79 Å². The summed E-state index contributed by atoms with van der Waals surface area (Å²) in [4.78, 5) is 29.7. The molecule has 3 aromatic rings. The van der Waals surface area contributed by atoms with Crippen LogP contribution in [0.25, 0.3) is 10.9 Å². The summed E-state index contributed by atoms with van der Waals surface area (Å²) in [6.45, 7) is 5.77. The fourth-order valence-corrected chi connectivity index (χ4v) is 5.04. The van der Waals surface area contributed by atoms with E-state index in [1.165, 1.54) is 23.1 Å². The highest BCUT2D eigenvalue weighted by Gasteiger charge is 2.19. The number of hydrogen-bond donors (Lipinski definition) is 2. The average molecular weight is 430 g/mol. The number of thioether (sulfide) groups is 1. The topological polar surface area (TPSA) is 94.3 Å². The maximum Gasteiger partial charge on any atom is 0.251 e. The van der Waals surface area contributed by atoms with Crippen molar-refractivity contribution < 1.29 is 14.3 Å². The Morgan fingerprint density at radius 2 is 2.03 bits per heavy atom. The lowest BCUT2D eigenvalue weighted by atomic mass is 10.1. The van der Waals surface area contributed by atoms with E-state index in [0.29, 0.717) is 22.7 Å². The Morgan fingerprint density at radius 3 is 2.72 bits per heavy atom. The average Bonchev–Trinajstić information content (AvgIpc) is 2.94. The number of methoxy groups -OCH3 is 1. The van der Waals surface area contributed by atoms with E-state index in [9.17, 15) is 9.59 Å². The Morgan fingerprint density at radius 1 is 1.28 bits per heavy atom. The van der Waals surface area contributed by atoms with E-state index in [4.69, 9.17) is 10.5 Å². The molecule has 0 unspecified atom stereocenters. The van der Waals surface area contributed by atoms with Crippen molar-refractivity contribution in [3.63, 3.8) is 0 Å². The van der Waals surface area contributed by atoms with Crippen molar-refractivity contribution in [3.8, 4) is 5.75 Å². The van der Waals surface area contributed by atoms with Crippen LogP contribution >= 0.6 is 23.1 Å². The highest BCUT2D eigenvalue weighted by molar-refractivity contribution is 7.99. The summed E-state index contributed by atoms with van der Waals surface area (Å²) in [5.74, 6) is 0.611. The fraction of sp³-hybridized carbons (Fsp3) is 0.286. The van der Waals surface area contributed by atoms with Crippen molar-refractivity contribution in [3.05, 3.63) is 45.8 Å². The highest BCUT2D eigenvalue weighted by Crippen LogP contribution is 2.33. The van der Waals surface area contributed by atoms with E-state index in [1.807, 2.05) is 45.0 Å². The molecule has 0 bridgehead atoms. The predicted octanol–water partition coefficient (Wildman–Crippen LogP) is 4.45. The van der Waals surface area contributed by atoms with Gasteiger partial charge in [-0.1, -0.05) is 12.1 Å². The molecule has 0 aliphatic rings. The number of aromatic nitrogens is 1. The zero-order chi connectivity index (χ0) is 21.1. The van der Waals surface area contributed by atoms with Crippen LogP contribution < -0.4 is 15.8 Å². The molecule has 0 aliphatic carbocycles. The zero-order valence-electron chi connectivity index (χ0n) is 16.8. The van der Waals surface area contributed by atoms with Crippen LogP contribution in [0.15, 0.2) is 29.3 Å². The maximum atomic E-state index is 12.4. The normalized spacial score (nSPS) is 10.9. The van der Waals surface area contributed by atoms with Gasteiger partial charge in [-0.25, -0.2) is 4.98 Å². The second kappa shape index (κ2) is 8.84. The molecule has 2 aromatic heterocycles. The van der Waals surface area contributed by atoms with Gasteiger partial charge in [-0.3, -0.25) is 9.59 Å². The first-order valence-electron chi connectivity index (χ1n) is 9.08. The number of pyridine rings is 1. The van der Waals surface area contributed by atoms with E-state index in [0.717, 1.165) is 37.7 Å². The molecule has 2 heterocycles. The summed E-state index contributed by atoms with van der Waals surface area (Å²) in [5.41, 5.74) is 8.60. The number of primary amides is 1. The summed E-state index contributed by atoms with van der Waals surface area (Å²) >= 11 is 2.88. The van der Waals surface area contributed by atoms with Crippen LogP contribution in [0.3, 0.4) is 0 Å². The van der Waals surface area contributed by atoms with Gasteiger partial charge in [0.15, 0.2) is 0 Å². The third-order valence-corrected chi connectivity index (χ3v) is 6.71. The molecule has 0 saturated carbocycles. The summed E-state index contributed by atoms with van der Waals surface area (Å²) in [6.07, 6.45) is 0.295. The summed E-state index contributed by atoms with van der Waals surface area (Å²) < 4.78 is 5.42. The number of hydrogen-bond acceptors (Lipinski definition) is 6. The third-order valence-electron chi connectivity index (χ3n) is 4.67. The van der Waals surface area contributed by atoms with Crippen LogP contribution in [-0.4, -0.2) is 29.7 Å². The van der Waals surface area contributed by atoms with Crippen LogP contribution in [0.5, 0.6) is 5.75 Å². The van der Waals surface area contributed by atoms with Crippen molar-refractivity contribution >= 4 is 50.8 Å². The molecule has 8 heteroatoms. The number of carbonyl (C=O) groups is 2. The molecular formula is C21H23N3O3S2. The number of benzene rings is 1. The van der Waals surface area contributed by atoms with Crippen molar-refractivity contribution in [2.75, 3.05) is 18.2 Å². The minimum absolute atomic E-state index is 0.156. The van der Waals surface area contributed by atoms with E-state index in [-0.39, 0.29) is 5.91 Å². The molecule has 0 radical (unpaired) electrons. The number of ether oxygens (including phenoxy) is 1. The van der Waals surface area contributed by atoms with Crippen LogP contribution in [0, 0.1) is 20.8 Å². The molecule has 0 fully saturated rings. The summed E-state index contributed by atoms with van der Waals surface area (Å²) in [7, 11) is 1.63. The second-order valence-corrected chi connectivity index (χ2v) is 8.97. The first-order chi connectivity index (χ1) is 13.8. The Kier molecular flexibility index (Phi) is 6.44. The number of thiophene rings is 1. The first kappa shape index (κ1) is 21.1. The van der Waals surface area contributed by atoms with E-state index >= 15 is 0 Å². The van der Waals surface area contributed by atoms with Gasteiger partial charge in [0.1, 0.15) is 16.3 Å². The molecule has 0 aliphatic heterocycles. The highest BCUT2D eigenvalue weighted by atomic mass is 32.2. The number of fused-ring (bicyclic) bond motifs is 1. The molecule has 0 spiro atoms. The monoisotopic (exact) mass is 429 g/mol. The van der Waals surface area contributed by atoms with Gasteiger partial charge in [-0.2, -0.15) is 0 Å². The van der Waals surface area contributed by atoms with Crippen LogP contribution in [0.2, 0.25) is 0 Å². The standard InChI is InChI=1S/C21H23N3O3S2/c1-11-10-17(24-19-14(11)6-5-7-15(19)27-4)28-9-8-16(25)23-21-18(20(22)26)12(2)13(3)29-21/h5-7,10H,8-9H2,1-4H3,(H2,22,26)(H,23,25). The van der Waals surface area contributed by atoms with Gasteiger partial charge in [-0.15, -0.1) is 23.1 Å². The van der Waals surface area contributed by atoms with Crippen LogP contribution in [0.1, 0.15) is 32.8 Å². The zero-order valence-corrected chi connectivity index (χ0v) is 18.4. The minimum atomic E-state index is -0.527. The van der Waals surface area contributed by atoms with Crippen LogP contribution in [0.4, 0.5) is 5.00 Å². The molecule has 29 heavy (non-hydrogen) atoms. The fourth-order valence-electron chi connectivity index (χ4n) is 3.05. The lowest BCUT2D eigenvalue weighted by molar-refractivity contribution is -0.115. The van der Waals surface area contributed by atoms with Gasteiger partial charge in [0.2, 0.25) is 5.91 Å². The number of nitrogens with zero attached hydrogens (tertiary/aromatic N) is 1. The number of nitrogens with two attached hydrogens (primary N) is 1. The smallest absolute Gasteiger partial charge is 0.251 e. The Balaban J connectivity index is 1.67. The SMILES string of the molecule is COc1cccc2c(C)cc(SCCC(=O)Nc3sc(C)c(C)c3C(N)=O)nc12. The van der Waals surface area contributed by atoms with Gasteiger partial charge in [-0.05, 0) is 44.0 Å². The number of rotatable bonds is 7. The molecule has 6 nitrogen and oxygen atoms in total. The van der Waals surface area contributed by atoms with Crippen molar-refractivity contribution in [2.45, 2.75) is 32.2 Å². The largest absolute Gasteiger partial charge is 0.494 e. The predicted molar refractivity (Wildman–Crippen MR) is 119 cm³/mol. The van der Waals surface area contributed by atoms with Gasteiger partial charge in [0.05, 0.1) is 17.7 Å².